The second-order valence-corrected chi connectivity index (χ2v) is 6.21. The van der Waals surface area contributed by atoms with Gasteiger partial charge < -0.3 is 29.6 Å². The maximum Gasteiger partial charge on any atom is 0.406 e. The third-order valence-electron chi connectivity index (χ3n) is 4.22. The molecule has 1 aliphatic heterocycles. The molecule has 2 aromatic rings. The quantitative estimate of drug-likeness (QED) is 0.785. The number of para-hydroxylation sites is 1. The molecular formula is C19H16F3N2O5-. The molecule has 0 radical (unpaired) electrons. The molecule has 1 atom stereocenters. The van der Waals surface area contributed by atoms with Crippen molar-refractivity contribution in [3.05, 3.63) is 53.6 Å². The van der Waals surface area contributed by atoms with Gasteiger partial charge in [-0.2, -0.15) is 13.2 Å². The van der Waals surface area contributed by atoms with Gasteiger partial charge in [0.2, 0.25) is 0 Å². The Kier molecular flexibility index (Phi) is 5.53. The molecule has 0 bridgehead atoms. The van der Waals surface area contributed by atoms with Gasteiger partial charge in [0, 0.05) is 5.69 Å². The number of halogens is 3. The smallest absolute Gasteiger partial charge is 0.406 e. The summed E-state index contributed by atoms with van der Waals surface area (Å²) in [5.74, 6) is -2.03. The number of carbonyl (C=O) groups excluding carboxylic acids is 2. The minimum absolute atomic E-state index is 0.0744. The first-order valence-electron chi connectivity index (χ1n) is 8.43. The Hall–Kier alpha value is -3.43. The Bertz CT molecular complexity index is 932. The molecule has 0 aromatic heterocycles. The second kappa shape index (κ2) is 7.90. The first-order valence-corrected chi connectivity index (χ1v) is 8.43. The van der Waals surface area contributed by atoms with E-state index in [1.54, 1.807) is 18.2 Å². The molecule has 2 aromatic carbocycles. The number of aliphatic carboxylic acids is 1. The number of nitrogens with one attached hydrogen (secondary N) is 1. The molecule has 0 saturated carbocycles. The lowest BCUT2D eigenvalue weighted by molar-refractivity contribution is -0.307. The highest BCUT2D eigenvalue weighted by Gasteiger charge is 2.40. The van der Waals surface area contributed by atoms with E-state index in [9.17, 15) is 27.9 Å². The van der Waals surface area contributed by atoms with Gasteiger partial charge in [0.15, 0.2) is 11.5 Å². The first kappa shape index (κ1) is 20.3. The Balaban J connectivity index is 2.00. The molecular weight excluding hydrogens is 393 g/mol. The zero-order valence-electron chi connectivity index (χ0n) is 15.2. The Labute approximate surface area is 163 Å². The number of nitrogens with zero attached hydrogens (tertiary/aromatic N) is 1. The molecule has 154 valence electrons. The lowest BCUT2D eigenvalue weighted by atomic mass is 10.0. The van der Waals surface area contributed by atoms with Gasteiger partial charge in [0.05, 0.1) is 18.6 Å². The fourth-order valence-corrected chi connectivity index (χ4v) is 3.02. The SMILES string of the molecule is COc1cc([C@@H]2Nc3ccccc3C(=O)N2CC(F)(F)F)ccc1OCC(=O)[O-]. The molecule has 7 nitrogen and oxygen atoms in total. The summed E-state index contributed by atoms with van der Waals surface area (Å²) in [5.41, 5.74) is 0.834. The van der Waals surface area contributed by atoms with Crippen molar-refractivity contribution >= 4 is 17.6 Å². The normalized spacial score (nSPS) is 16.1. The largest absolute Gasteiger partial charge is 0.546 e. The number of fused-ring (bicyclic) bond motifs is 1. The topological polar surface area (TPSA) is 90.9 Å². The molecule has 1 heterocycles. The van der Waals surface area contributed by atoms with Crippen LogP contribution in [0.25, 0.3) is 0 Å². The van der Waals surface area contributed by atoms with Gasteiger partial charge in [-0.25, -0.2) is 0 Å². The van der Waals surface area contributed by atoms with Crippen LogP contribution in [-0.2, 0) is 4.79 Å². The van der Waals surface area contributed by atoms with Crippen molar-refractivity contribution in [2.75, 3.05) is 25.6 Å². The number of hydrogen-bond acceptors (Lipinski definition) is 6. The third-order valence-corrected chi connectivity index (χ3v) is 4.22. The van der Waals surface area contributed by atoms with Crippen LogP contribution in [0.15, 0.2) is 42.5 Å². The van der Waals surface area contributed by atoms with Crippen molar-refractivity contribution in [1.29, 1.82) is 0 Å². The standard InChI is InChI=1S/C19H17F3N2O5/c1-28-15-8-11(6-7-14(15)29-9-16(25)26)17-23-13-5-3-2-4-12(13)18(27)24(17)10-19(20,21)22/h2-8,17,23H,9-10H2,1H3,(H,25,26)/p-1/t17-/m1/s1. The van der Waals surface area contributed by atoms with Gasteiger partial charge in [0.25, 0.3) is 5.91 Å². The number of amides is 1. The van der Waals surface area contributed by atoms with Crippen molar-refractivity contribution in [1.82, 2.24) is 4.90 Å². The van der Waals surface area contributed by atoms with Crippen molar-refractivity contribution < 1.29 is 37.3 Å². The van der Waals surface area contributed by atoms with Crippen LogP contribution in [0.4, 0.5) is 18.9 Å². The Morgan fingerprint density at radius 3 is 2.59 bits per heavy atom. The van der Waals surface area contributed by atoms with Crippen molar-refractivity contribution in [2.24, 2.45) is 0 Å². The number of alkyl halides is 3. The minimum atomic E-state index is -4.61. The van der Waals surface area contributed by atoms with Gasteiger partial charge in [-0.05, 0) is 29.8 Å². The summed E-state index contributed by atoms with van der Waals surface area (Å²) >= 11 is 0. The zero-order chi connectivity index (χ0) is 21.2. The van der Waals surface area contributed by atoms with E-state index in [0.717, 1.165) is 0 Å². The van der Waals surface area contributed by atoms with Gasteiger partial charge in [0.1, 0.15) is 19.3 Å². The maximum atomic E-state index is 13.1. The fourth-order valence-electron chi connectivity index (χ4n) is 3.02. The van der Waals surface area contributed by atoms with Gasteiger partial charge >= 0.3 is 6.18 Å². The molecule has 10 heteroatoms. The van der Waals surface area contributed by atoms with Crippen LogP contribution in [0.3, 0.4) is 0 Å². The number of hydrogen-bond donors (Lipinski definition) is 1. The molecule has 0 aliphatic carbocycles. The number of carboxylic acids is 1. The highest BCUT2D eigenvalue weighted by molar-refractivity contribution is 6.01. The van der Waals surface area contributed by atoms with Crippen LogP contribution in [0.1, 0.15) is 22.1 Å². The van der Waals surface area contributed by atoms with Crippen molar-refractivity contribution in [2.45, 2.75) is 12.3 Å². The number of methoxy groups -OCH3 is 1. The Morgan fingerprint density at radius 2 is 1.93 bits per heavy atom. The van der Waals surface area contributed by atoms with Crippen LogP contribution < -0.4 is 19.9 Å². The highest BCUT2D eigenvalue weighted by atomic mass is 19.4. The van der Waals surface area contributed by atoms with E-state index in [4.69, 9.17) is 9.47 Å². The summed E-state index contributed by atoms with van der Waals surface area (Å²) in [6.45, 7) is -2.17. The molecule has 29 heavy (non-hydrogen) atoms. The monoisotopic (exact) mass is 409 g/mol. The van der Waals surface area contributed by atoms with Gasteiger partial charge in [-0.1, -0.05) is 18.2 Å². The summed E-state index contributed by atoms with van der Waals surface area (Å²) in [6.07, 6.45) is -5.73. The molecule has 1 aliphatic rings. The number of rotatable bonds is 6. The molecule has 3 rings (SSSR count). The van der Waals surface area contributed by atoms with E-state index in [-0.39, 0.29) is 17.1 Å². The predicted molar refractivity (Wildman–Crippen MR) is 93.4 cm³/mol. The summed E-state index contributed by atoms with van der Waals surface area (Å²) < 4.78 is 49.6. The van der Waals surface area contributed by atoms with E-state index < -0.39 is 37.4 Å². The number of anilines is 1. The summed E-state index contributed by atoms with van der Waals surface area (Å²) in [7, 11) is 1.30. The number of ether oxygens (including phenoxy) is 2. The molecule has 1 N–H and O–H groups in total. The Morgan fingerprint density at radius 1 is 1.21 bits per heavy atom. The van der Waals surface area contributed by atoms with Crippen molar-refractivity contribution in [3.63, 3.8) is 0 Å². The second-order valence-electron chi connectivity index (χ2n) is 6.21. The average Bonchev–Trinajstić information content (AvgIpc) is 2.67. The van der Waals surface area contributed by atoms with E-state index >= 15 is 0 Å². The molecule has 0 fully saturated rings. The number of benzene rings is 2. The molecule has 1 amide bonds. The number of carboxylic acid groups (broad SMARTS) is 1. The van der Waals surface area contributed by atoms with Crippen LogP contribution in [0.2, 0.25) is 0 Å². The summed E-state index contributed by atoms with van der Waals surface area (Å²) in [6, 6.07) is 10.4. The van der Waals surface area contributed by atoms with Gasteiger partial charge in [-0.15, -0.1) is 0 Å². The lowest BCUT2D eigenvalue weighted by Gasteiger charge is -2.38. The summed E-state index contributed by atoms with van der Waals surface area (Å²) in [5, 5.41) is 13.5. The van der Waals surface area contributed by atoms with E-state index in [1.807, 2.05) is 0 Å². The fraction of sp³-hybridized carbons (Fsp3) is 0.263. The zero-order valence-corrected chi connectivity index (χ0v) is 15.2. The van der Waals surface area contributed by atoms with Gasteiger partial charge in [-0.3, -0.25) is 4.79 Å². The summed E-state index contributed by atoms with van der Waals surface area (Å²) in [4.78, 5) is 24.0. The number of carbonyl (C=O) groups is 2. The average molecular weight is 409 g/mol. The third kappa shape index (κ3) is 4.53. The minimum Gasteiger partial charge on any atom is -0.546 e. The highest BCUT2D eigenvalue weighted by Crippen LogP contribution is 2.38. The van der Waals surface area contributed by atoms with Crippen LogP contribution >= 0.6 is 0 Å². The van der Waals surface area contributed by atoms with E-state index in [1.165, 1.54) is 31.4 Å². The lowest BCUT2D eigenvalue weighted by Crippen LogP contribution is -2.47. The van der Waals surface area contributed by atoms with E-state index in [0.29, 0.717) is 16.2 Å². The molecule has 0 saturated heterocycles. The van der Waals surface area contributed by atoms with E-state index in [2.05, 4.69) is 5.32 Å². The maximum absolute atomic E-state index is 13.1. The predicted octanol–water partition coefficient (Wildman–Crippen LogP) is 1.95. The first-order chi connectivity index (χ1) is 13.7. The van der Waals surface area contributed by atoms with Crippen LogP contribution in [0.5, 0.6) is 11.5 Å². The van der Waals surface area contributed by atoms with Crippen molar-refractivity contribution in [3.8, 4) is 11.5 Å². The van der Waals surface area contributed by atoms with Crippen LogP contribution in [-0.4, -0.2) is 43.2 Å². The molecule has 0 spiro atoms. The molecule has 0 unspecified atom stereocenters. The van der Waals surface area contributed by atoms with Crippen LogP contribution in [0, 0.1) is 0 Å².